The van der Waals surface area contributed by atoms with E-state index in [0.29, 0.717) is 12.4 Å². The molecule has 0 saturated heterocycles. The molecule has 0 atom stereocenters. The number of nitrogens with zero attached hydrogens (tertiary/aromatic N) is 3. The van der Waals surface area contributed by atoms with E-state index in [0.717, 1.165) is 6.54 Å². The smallest absolute Gasteiger partial charge is 0.271 e. The molecular weight excluding hydrogens is 194 g/mol. The molecule has 15 heavy (non-hydrogen) atoms. The second-order valence-corrected chi connectivity index (χ2v) is 3.39. The summed E-state index contributed by atoms with van der Waals surface area (Å²) < 4.78 is 0. The zero-order chi connectivity index (χ0) is 11.3. The van der Waals surface area contributed by atoms with Crippen LogP contribution < -0.4 is 11.1 Å². The van der Waals surface area contributed by atoms with E-state index in [1.54, 1.807) is 0 Å². The largest absolute Gasteiger partial charge is 0.382 e. The molecule has 0 saturated carbocycles. The van der Waals surface area contributed by atoms with Gasteiger partial charge in [0.2, 0.25) is 0 Å². The second kappa shape index (κ2) is 5.26. The van der Waals surface area contributed by atoms with Crippen LogP contribution in [-0.2, 0) is 0 Å². The lowest BCUT2D eigenvalue weighted by molar-refractivity contribution is 0.0945. The number of rotatable bonds is 4. The third-order valence-electron chi connectivity index (χ3n) is 1.75. The van der Waals surface area contributed by atoms with Gasteiger partial charge in [-0.05, 0) is 14.1 Å². The van der Waals surface area contributed by atoms with Crippen LogP contribution in [0.1, 0.15) is 10.5 Å². The van der Waals surface area contributed by atoms with Gasteiger partial charge in [0, 0.05) is 13.1 Å². The number of carbonyl (C=O) groups excluding carboxylic acids is 1. The van der Waals surface area contributed by atoms with Gasteiger partial charge in [-0.2, -0.15) is 0 Å². The van der Waals surface area contributed by atoms with Gasteiger partial charge in [0.25, 0.3) is 5.91 Å². The SMILES string of the molecule is CN(C)CCNC(=O)c1cnc(N)cn1. The quantitative estimate of drug-likeness (QED) is 0.688. The Bertz CT molecular complexity index is 322. The van der Waals surface area contributed by atoms with E-state index in [-0.39, 0.29) is 11.6 Å². The normalized spacial score (nSPS) is 10.3. The van der Waals surface area contributed by atoms with Crippen LogP contribution in [0, 0.1) is 0 Å². The van der Waals surface area contributed by atoms with Crippen LogP contribution in [0.25, 0.3) is 0 Å². The fraction of sp³-hybridized carbons (Fsp3) is 0.444. The topological polar surface area (TPSA) is 84.1 Å². The number of nitrogens with one attached hydrogen (secondary N) is 1. The summed E-state index contributed by atoms with van der Waals surface area (Å²) in [6.45, 7) is 1.37. The summed E-state index contributed by atoms with van der Waals surface area (Å²) in [5.74, 6) is 0.0733. The molecular formula is C9H15N5O. The van der Waals surface area contributed by atoms with Crippen molar-refractivity contribution in [3.05, 3.63) is 18.1 Å². The molecule has 0 bridgehead atoms. The Morgan fingerprint density at radius 1 is 1.47 bits per heavy atom. The van der Waals surface area contributed by atoms with Crippen molar-refractivity contribution in [3.63, 3.8) is 0 Å². The predicted octanol–water partition coefficient (Wildman–Crippen LogP) is -0.650. The summed E-state index contributed by atoms with van der Waals surface area (Å²) in [4.78, 5) is 21.1. The molecule has 6 nitrogen and oxygen atoms in total. The van der Waals surface area contributed by atoms with Gasteiger partial charge in [-0.1, -0.05) is 0 Å². The van der Waals surface area contributed by atoms with Crippen LogP contribution >= 0.6 is 0 Å². The maximum Gasteiger partial charge on any atom is 0.271 e. The molecule has 0 spiro atoms. The summed E-state index contributed by atoms with van der Waals surface area (Å²) in [5.41, 5.74) is 5.64. The van der Waals surface area contributed by atoms with Crippen molar-refractivity contribution in [1.29, 1.82) is 0 Å². The Morgan fingerprint density at radius 3 is 2.73 bits per heavy atom. The second-order valence-electron chi connectivity index (χ2n) is 3.39. The number of hydrogen-bond acceptors (Lipinski definition) is 5. The fourth-order valence-corrected chi connectivity index (χ4v) is 0.939. The minimum Gasteiger partial charge on any atom is -0.382 e. The Balaban J connectivity index is 2.43. The van der Waals surface area contributed by atoms with Crippen molar-refractivity contribution in [2.24, 2.45) is 0 Å². The molecule has 6 heteroatoms. The molecule has 0 radical (unpaired) electrons. The number of hydrogen-bond donors (Lipinski definition) is 2. The number of carbonyl (C=O) groups is 1. The lowest BCUT2D eigenvalue weighted by atomic mass is 10.4. The summed E-state index contributed by atoms with van der Waals surface area (Å²) in [5, 5.41) is 2.73. The monoisotopic (exact) mass is 209 g/mol. The number of nitrogen functional groups attached to an aromatic ring is 1. The third kappa shape index (κ3) is 3.90. The zero-order valence-electron chi connectivity index (χ0n) is 8.90. The van der Waals surface area contributed by atoms with E-state index in [4.69, 9.17) is 5.73 Å². The Hall–Kier alpha value is -1.69. The number of anilines is 1. The molecule has 0 aliphatic heterocycles. The van der Waals surface area contributed by atoms with Crippen molar-refractivity contribution in [3.8, 4) is 0 Å². The average molecular weight is 209 g/mol. The Kier molecular flexibility index (Phi) is 3.99. The van der Waals surface area contributed by atoms with Crippen LogP contribution in [0.15, 0.2) is 12.4 Å². The highest BCUT2D eigenvalue weighted by atomic mass is 16.1. The lowest BCUT2D eigenvalue weighted by Crippen LogP contribution is -2.31. The van der Waals surface area contributed by atoms with E-state index < -0.39 is 0 Å². The molecule has 1 aromatic rings. The molecule has 0 aromatic carbocycles. The summed E-state index contributed by atoms with van der Waals surface area (Å²) in [7, 11) is 3.88. The van der Waals surface area contributed by atoms with Gasteiger partial charge in [-0.25, -0.2) is 9.97 Å². The number of aromatic nitrogens is 2. The van der Waals surface area contributed by atoms with Crippen LogP contribution in [0.5, 0.6) is 0 Å². The van der Waals surface area contributed by atoms with Crippen LogP contribution in [0.4, 0.5) is 5.82 Å². The van der Waals surface area contributed by atoms with Crippen LogP contribution in [-0.4, -0.2) is 48.0 Å². The van der Waals surface area contributed by atoms with E-state index in [1.165, 1.54) is 12.4 Å². The van der Waals surface area contributed by atoms with Crippen molar-refractivity contribution in [1.82, 2.24) is 20.2 Å². The molecule has 1 aromatic heterocycles. The van der Waals surface area contributed by atoms with Gasteiger partial charge in [-0.15, -0.1) is 0 Å². The van der Waals surface area contributed by atoms with Gasteiger partial charge in [0.15, 0.2) is 0 Å². The highest BCUT2D eigenvalue weighted by molar-refractivity contribution is 5.91. The highest BCUT2D eigenvalue weighted by Gasteiger charge is 2.06. The standard InChI is InChI=1S/C9H15N5O/c1-14(2)4-3-11-9(15)7-5-13-8(10)6-12-7/h5-6H,3-4H2,1-2H3,(H2,10,13)(H,11,15). The minimum absolute atomic E-state index is 0.232. The number of likely N-dealkylation sites (N-methyl/N-ethyl adjacent to an activating group) is 1. The van der Waals surface area contributed by atoms with Crippen LogP contribution in [0.3, 0.4) is 0 Å². The number of nitrogens with two attached hydrogens (primary N) is 1. The van der Waals surface area contributed by atoms with Gasteiger partial charge < -0.3 is 16.0 Å². The molecule has 0 unspecified atom stereocenters. The van der Waals surface area contributed by atoms with Crippen molar-refractivity contribution in [2.45, 2.75) is 0 Å². The van der Waals surface area contributed by atoms with Crippen LogP contribution in [0.2, 0.25) is 0 Å². The Labute approximate surface area is 88.5 Å². The summed E-state index contributed by atoms with van der Waals surface area (Å²) >= 11 is 0. The first-order chi connectivity index (χ1) is 7.09. The summed E-state index contributed by atoms with van der Waals surface area (Å²) in [6.07, 6.45) is 2.72. The molecule has 82 valence electrons. The Morgan fingerprint density at radius 2 is 2.20 bits per heavy atom. The maximum atomic E-state index is 11.5. The average Bonchev–Trinajstić information content (AvgIpc) is 2.18. The lowest BCUT2D eigenvalue weighted by Gasteiger charge is -2.09. The van der Waals surface area contributed by atoms with Gasteiger partial charge >= 0.3 is 0 Å². The molecule has 3 N–H and O–H groups in total. The van der Waals surface area contributed by atoms with Crippen molar-refractivity contribution in [2.75, 3.05) is 32.9 Å². The summed E-state index contributed by atoms with van der Waals surface area (Å²) in [6, 6.07) is 0. The number of amides is 1. The van der Waals surface area contributed by atoms with E-state index >= 15 is 0 Å². The third-order valence-corrected chi connectivity index (χ3v) is 1.75. The predicted molar refractivity (Wildman–Crippen MR) is 57.3 cm³/mol. The first kappa shape index (κ1) is 11.4. The molecule has 0 aliphatic carbocycles. The van der Waals surface area contributed by atoms with Gasteiger partial charge in [0.05, 0.1) is 12.4 Å². The highest BCUT2D eigenvalue weighted by Crippen LogP contribution is 1.95. The first-order valence-corrected chi connectivity index (χ1v) is 4.60. The van der Waals surface area contributed by atoms with E-state index in [2.05, 4.69) is 15.3 Å². The molecule has 1 amide bonds. The minimum atomic E-state index is -0.232. The molecule has 0 aliphatic rings. The van der Waals surface area contributed by atoms with E-state index in [9.17, 15) is 4.79 Å². The van der Waals surface area contributed by atoms with Gasteiger partial charge in [0.1, 0.15) is 11.5 Å². The van der Waals surface area contributed by atoms with E-state index in [1.807, 2.05) is 19.0 Å². The first-order valence-electron chi connectivity index (χ1n) is 4.60. The van der Waals surface area contributed by atoms with Gasteiger partial charge in [-0.3, -0.25) is 4.79 Å². The maximum absolute atomic E-state index is 11.5. The molecule has 1 rings (SSSR count). The molecule has 0 fully saturated rings. The fourth-order valence-electron chi connectivity index (χ4n) is 0.939. The van der Waals surface area contributed by atoms with Crippen molar-refractivity contribution >= 4 is 11.7 Å². The zero-order valence-corrected chi connectivity index (χ0v) is 8.90. The van der Waals surface area contributed by atoms with Crippen molar-refractivity contribution < 1.29 is 4.79 Å². The molecule has 1 heterocycles.